The van der Waals surface area contributed by atoms with E-state index in [-0.39, 0.29) is 77.9 Å². The van der Waals surface area contributed by atoms with E-state index in [0.717, 1.165) is 9.13 Å². The van der Waals surface area contributed by atoms with Crippen molar-refractivity contribution in [1.82, 2.24) is 37.4 Å². The molecule has 0 saturated carbocycles. The number of aromatic nitrogens is 8. The molecule has 0 N–H and O–H groups in total. The molecular formula is C31H30N10O10. The molecule has 6 rings (SSSR count). The van der Waals surface area contributed by atoms with Gasteiger partial charge in [0.25, 0.3) is 22.5 Å². The third kappa shape index (κ3) is 6.13. The molecular weight excluding hydrogens is 672 g/mol. The van der Waals surface area contributed by atoms with Crippen LogP contribution in [0.15, 0.2) is 68.2 Å². The number of fused-ring (bicyclic) bond motifs is 2. The summed E-state index contributed by atoms with van der Waals surface area (Å²) in [6, 6.07) is 7.95. The Morgan fingerprint density at radius 1 is 0.627 bits per heavy atom. The van der Waals surface area contributed by atoms with Crippen LogP contribution >= 0.6 is 0 Å². The van der Waals surface area contributed by atoms with Gasteiger partial charge in [-0.3, -0.25) is 48.1 Å². The Morgan fingerprint density at radius 3 is 1.39 bits per heavy atom. The lowest BCUT2D eigenvalue weighted by Gasteiger charge is -2.15. The normalized spacial score (nSPS) is 11.4. The number of ether oxygens (including phenoxy) is 2. The van der Waals surface area contributed by atoms with E-state index in [4.69, 9.17) is 9.47 Å². The number of nitro benzene ring substituents is 2. The maximum absolute atomic E-state index is 12.8. The van der Waals surface area contributed by atoms with E-state index in [0.29, 0.717) is 11.1 Å². The van der Waals surface area contributed by atoms with E-state index in [1.807, 2.05) is 0 Å². The molecule has 0 spiro atoms. The Morgan fingerprint density at radius 2 is 1.02 bits per heavy atom. The fraction of sp³-hybridized carbons (Fsp3) is 0.290. The van der Waals surface area contributed by atoms with Crippen LogP contribution in [0, 0.1) is 20.2 Å². The summed E-state index contributed by atoms with van der Waals surface area (Å²) in [7, 11) is 5.72. The summed E-state index contributed by atoms with van der Waals surface area (Å²) in [5.74, 6) is 0.489. The second-order valence-corrected chi connectivity index (χ2v) is 11.6. The molecule has 51 heavy (non-hydrogen) atoms. The number of nitro groups is 2. The monoisotopic (exact) mass is 702 g/mol. The molecule has 20 nitrogen and oxygen atoms in total. The van der Waals surface area contributed by atoms with Crippen LogP contribution in [0.5, 0.6) is 11.5 Å². The van der Waals surface area contributed by atoms with Gasteiger partial charge in [0.15, 0.2) is 22.3 Å². The van der Waals surface area contributed by atoms with Gasteiger partial charge in [-0.2, -0.15) is 0 Å². The van der Waals surface area contributed by atoms with Gasteiger partial charge in [0.05, 0.1) is 35.6 Å². The molecule has 0 atom stereocenters. The highest BCUT2D eigenvalue weighted by atomic mass is 16.6. The van der Waals surface area contributed by atoms with E-state index < -0.39 is 32.3 Å². The second kappa shape index (κ2) is 13.2. The Balaban J connectivity index is 1.26. The van der Waals surface area contributed by atoms with Crippen LogP contribution in [0.2, 0.25) is 0 Å². The lowest BCUT2D eigenvalue weighted by Crippen LogP contribution is -2.37. The molecule has 20 heteroatoms. The van der Waals surface area contributed by atoms with E-state index in [9.17, 15) is 39.4 Å². The lowest BCUT2D eigenvalue weighted by molar-refractivity contribution is -0.385. The Hall–Kier alpha value is -6.86. The highest BCUT2D eigenvalue weighted by Crippen LogP contribution is 2.32. The highest BCUT2D eigenvalue weighted by Gasteiger charge is 2.20. The minimum Gasteiger partial charge on any atom is -0.491 e. The lowest BCUT2D eigenvalue weighted by atomic mass is 10.0. The van der Waals surface area contributed by atoms with Crippen molar-refractivity contribution in [3.05, 3.63) is 122 Å². The van der Waals surface area contributed by atoms with Crippen LogP contribution in [0.4, 0.5) is 11.4 Å². The number of nitrogens with zero attached hydrogens (tertiary/aromatic N) is 10. The summed E-state index contributed by atoms with van der Waals surface area (Å²) >= 11 is 0. The molecule has 0 unspecified atom stereocenters. The minimum absolute atomic E-state index is 0.00944. The van der Waals surface area contributed by atoms with Gasteiger partial charge >= 0.3 is 11.4 Å². The maximum Gasteiger partial charge on any atom is 0.332 e. The van der Waals surface area contributed by atoms with Gasteiger partial charge in [-0.1, -0.05) is 0 Å². The van der Waals surface area contributed by atoms with Crippen molar-refractivity contribution in [2.24, 2.45) is 28.2 Å². The zero-order chi connectivity index (χ0) is 36.7. The van der Waals surface area contributed by atoms with Crippen LogP contribution in [0.1, 0.15) is 11.1 Å². The average molecular weight is 703 g/mol. The summed E-state index contributed by atoms with van der Waals surface area (Å²) in [5.41, 5.74) is -1.15. The maximum atomic E-state index is 12.8. The van der Waals surface area contributed by atoms with Gasteiger partial charge in [0.2, 0.25) is 0 Å². The largest absolute Gasteiger partial charge is 0.491 e. The van der Waals surface area contributed by atoms with Gasteiger partial charge in [-0.15, -0.1) is 0 Å². The van der Waals surface area contributed by atoms with Gasteiger partial charge in [-0.25, -0.2) is 19.6 Å². The summed E-state index contributed by atoms with van der Waals surface area (Å²) in [6.07, 6.45) is 2.75. The zero-order valence-corrected chi connectivity index (χ0v) is 27.7. The molecule has 4 aromatic heterocycles. The smallest absolute Gasteiger partial charge is 0.332 e. The van der Waals surface area contributed by atoms with E-state index >= 15 is 0 Å². The predicted octanol–water partition coefficient (Wildman–Crippen LogP) is 0.746. The molecule has 6 aromatic rings. The molecule has 0 fully saturated rings. The van der Waals surface area contributed by atoms with Crippen LogP contribution in [-0.4, -0.2) is 60.4 Å². The number of rotatable bonds is 12. The molecule has 2 aromatic carbocycles. The molecule has 0 aliphatic carbocycles. The zero-order valence-electron chi connectivity index (χ0n) is 27.7. The number of non-ortho nitro benzene ring substituents is 2. The van der Waals surface area contributed by atoms with Gasteiger partial charge in [0, 0.05) is 70.0 Å². The predicted molar refractivity (Wildman–Crippen MR) is 180 cm³/mol. The number of hydrogen-bond acceptors (Lipinski definition) is 12. The molecule has 0 amide bonds. The van der Waals surface area contributed by atoms with Gasteiger partial charge in [-0.05, 0) is 12.1 Å². The summed E-state index contributed by atoms with van der Waals surface area (Å²) in [5, 5.41) is 23.4. The fourth-order valence-electron chi connectivity index (χ4n) is 5.76. The molecule has 0 aliphatic rings. The first-order valence-corrected chi connectivity index (χ1v) is 15.3. The second-order valence-electron chi connectivity index (χ2n) is 11.6. The third-order valence-electron chi connectivity index (χ3n) is 8.50. The summed E-state index contributed by atoms with van der Waals surface area (Å²) < 4.78 is 19.6. The quantitative estimate of drug-likeness (QED) is 0.127. The van der Waals surface area contributed by atoms with Crippen LogP contribution in [-0.2, 0) is 47.7 Å². The first-order chi connectivity index (χ1) is 24.3. The first-order valence-electron chi connectivity index (χ1n) is 15.3. The van der Waals surface area contributed by atoms with Crippen molar-refractivity contribution in [2.45, 2.75) is 19.5 Å². The molecule has 0 aliphatic heterocycles. The standard InChI is InChI=1S/C31H30N10O10/c1-34-26-24(28(42)36(3)30(34)44)38(16-32-26)9-11-50-22-7-5-20(40(46)47)14-18(22)13-19-15-21(41(48)49)6-8-23(19)51-12-10-39-17-33-27-25(39)29(43)37(4)31(45)35(27)2/h5-8,14-17H,9-13H2,1-4H3. The number of hydrogen-bond donors (Lipinski definition) is 0. The molecule has 0 radical (unpaired) electrons. The Labute approximate surface area is 284 Å². The topological polar surface area (TPSA) is 228 Å². The van der Waals surface area contributed by atoms with E-state index in [2.05, 4.69) is 9.97 Å². The van der Waals surface area contributed by atoms with Crippen molar-refractivity contribution >= 4 is 33.7 Å². The van der Waals surface area contributed by atoms with Crippen LogP contribution in [0.3, 0.4) is 0 Å². The van der Waals surface area contributed by atoms with Crippen molar-refractivity contribution in [1.29, 1.82) is 0 Å². The molecule has 0 bridgehead atoms. The molecule has 0 saturated heterocycles. The molecule has 4 heterocycles. The van der Waals surface area contributed by atoms with Crippen molar-refractivity contribution in [3.63, 3.8) is 0 Å². The van der Waals surface area contributed by atoms with Crippen LogP contribution in [0.25, 0.3) is 22.3 Å². The minimum atomic E-state index is -0.578. The SMILES string of the molecule is Cn1c(=O)c2c(ncn2CCOc2ccc([N+](=O)[O-])cc2Cc2cc([N+](=O)[O-])ccc2OCCn2cnc3c2c(=O)n(C)c(=O)n3C)n(C)c1=O. The molecule has 264 valence electrons. The third-order valence-corrected chi connectivity index (χ3v) is 8.50. The highest BCUT2D eigenvalue weighted by molar-refractivity contribution is 5.70. The Kier molecular flexibility index (Phi) is 8.81. The van der Waals surface area contributed by atoms with E-state index in [1.54, 1.807) is 0 Å². The average Bonchev–Trinajstić information content (AvgIpc) is 3.74. The number of benzene rings is 2. The van der Waals surface area contributed by atoms with Crippen molar-refractivity contribution in [3.8, 4) is 11.5 Å². The summed E-state index contributed by atoms with van der Waals surface area (Å²) in [4.78, 5) is 80.9. The van der Waals surface area contributed by atoms with Crippen LogP contribution < -0.4 is 32.0 Å². The number of imidazole rings is 2. The first kappa shape index (κ1) is 34.0. The number of aryl methyl sites for hydroxylation is 2. The fourth-order valence-corrected chi connectivity index (χ4v) is 5.76. The summed E-state index contributed by atoms with van der Waals surface area (Å²) in [6.45, 7) is 0.243. The van der Waals surface area contributed by atoms with Crippen molar-refractivity contribution in [2.75, 3.05) is 13.2 Å². The van der Waals surface area contributed by atoms with Gasteiger partial charge < -0.3 is 18.6 Å². The Bertz CT molecular complexity index is 2450. The van der Waals surface area contributed by atoms with E-state index in [1.165, 1.54) is 95.5 Å². The van der Waals surface area contributed by atoms with Crippen molar-refractivity contribution < 1.29 is 19.3 Å². The van der Waals surface area contributed by atoms with Gasteiger partial charge in [0.1, 0.15) is 24.7 Å².